The molecule has 0 unspecified atom stereocenters. The number of nitrogens with zero attached hydrogens (tertiary/aromatic N) is 1. The Labute approximate surface area is 123 Å². The van der Waals surface area contributed by atoms with Crippen LogP contribution in [-0.2, 0) is 0 Å². The van der Waals surface area contributed by atoms with Gasteiger partial charge in [0.15, 0.2) is 0 Å². The van der Waals surface area contributed by atoms with Gasteiger partial charge in [0.25, 0.3) is 0 Å². The highest BCUT2D eigenvalue weighted by Crippen LogP contribution is 2.27. The van der Waals surface area contributed by atoms with Crippen molar-refractivity contribution in [2.24, 2.45) is 0 Å². The standard InChI is InChI=1S/C18H15NO2/c1-12-10-15(13-2-6-16(20)7-3-13)11-18(19-12)14-4-8-17(21)9-5-14/h2-11,20-21H,1H3. The second-order valence-corrected chi connectivity index (χ2v) is 4.98. The molecule has 2 N–H and O–H groups in total. The minimum Gasteiger partial charge on any atom is -0.508 e. The van der Waals surface area contributed by atoms with Gasteiger partial charge in [-0.2, -0.15) is 0 Å². The van der Waals surface area contributed by atoms with Gasteiger partial charge >= 0.3 is 0 Å². The molecule has 0 saturated heterocycles. The smallest absolute Gasteiger partial charge is 0.115 e. The number of hydrogen-bond donors (Lipinski definition) is 2. The number of phenols is 2. The van der Waals surface area contributed by atoms with Gasteiger partial charge in [-0.15, -0.1) is 0 Å². The van der Waals surface area contributed by atoms with Gasteiger partial charge in [-0.05, 0) is 66.6 Å². The molecule has 0 bridgehead atoms. The van der Waals surface area contributed by atoms with Crippen molar-refractivity contribution in [3.63, 3.8) is 0 Å². The van der Waals surface area contributed by atoms with Crippen molar-refractivity contribution in [3.05, 3.63) is 66.4 Å². The molecule has 0 spiro atoms. The van der Waals surface area contributed by atoms with Crippen LogP contribution in [0.1, 0.15) is 5.69 Å². The summed E-state index contributed by atoms with van der Waals surface area (Å²) < 4.78 is 0. The van der Waals surface area contributed by atoms with Crippen LogP contribution in [0.15, 0.2) is 60.7 Å². The predicted octanol–water partition coefficient (Wildman–Crippen LogP) is 4.14. The zero-order chi connectivity index (χ0) is 14.8. The van der Waals surface area contributed by atoms with Crippen LogP contribution in [0.4, 0.5) is 0 Å². The van der Waals surface area contributed by atoms with E-state index in [0.29, 0.717) is 0 Å². The number of pyridine rings is 1. The molecule has 0 aliphatic heterocycles. The fourth-order valence-corrected chi connectivity index (χ4v) is 2.27. The van der Waals surface area contributed by atoms with E-state index in [0.717, 1.165) is 28.1 Å². The van der Waals surface area contributed by atoms with Crippen molar-refractivity contribution in [2.45, 2.75) is 6.92 Å². The normalized spacial score (nSPS) is 10.5. The highest BCUT2D eigenvalue weighted by Gasteiger charge is 2.05. The van der Waals surface area contributed by atoms with Crippen molar-refractivity contribution in [1.29, 1.82) is 0 Å². The maximum Gasteiger partial charge on any atom is 0.115 e. The number of aryl methyl sites for hydroxylation is 1. The minimum atomic E-state index is 0.241. The third kappa shape index (κ3) is 2.87. The van der Waals surface area contributed by atoms with Gasteiger partial charge in [0.2, 0.25) is 0 Å². The summed E-state index contributed by atoms with van der Waals surface area (Å²) in [7, 11) is 0. The summed E-state index contributed by atoms with van der Waals surface area (Å²) in [5.74, 6) is 0.494. The number of hydrogen-bond acceptors (Lipinski definition) is 3. The molecular weight excluding hydrogens is 262 g/mol. The summed E-state index contributed by atoms with van der Waals surface area (Å²) in [5, 5.41) is 18.8. The van der Waals surface area contributed by atoms with Gasteiger partial charge in [0, 0.05) is 11.3 Å². The summed E-state index contributed by atoms with van der Waals surface area (Å²) in [6, 6.07) is 18.1. The number of aromatic hydroxyl groups is 2. The molecule has 0 aliphatic carbocycles. The highest BCUT2D eigenvalue weighted by molar-refractivity contribution is 5.71. The zero-order valence-corrected chi connectivity index (χ0v) is 11.6. The lowest BCUT2D eigenvalue weighted by Crippen LogP contribution is -1.89. The molecule has 21 heavy (non-hydrogen) atoms. The molecule has 3 aromatic rings. The van der Waals surface area contributed by atoms with E-state index in [9.17, 15) is 10.2 Å². The summed E-state index contributed by atoms with van der Waals surface area (Å²) in [6.45, 7) is 1.95. The SMILES string of the molecule is Cc1cc(-c2ccc(O)cc2)cc(-c2ccc(O)cc2)n1. The summed E-state index contributed by atoms with van der Waals surface area (Å²) in [6.07, 6.45) is 0. The lowest BCUT2D eigenvalue weighted by atomic mass is 10.0. The van der Waals surface area contributed by atoms with Crippen LogP contribution in [0.3, 0.4) is 0 Å². The maximum atomic E-state index is 9.38. The van der Waals surface area contributed by atoms with Crippen LogP contribution in [0.5, 0.6) is 11.5 Å². The molecule has 1 heterocycles. The Kier molecular flexibility index (Phi) is 3.32. The summed E-state index contributed by atoms with van der Waals surface area (Å²) >= 11 is 0. The number of rotatable bonds is 2. The number of benzene rings is 2. The third-order valence-electron chi connectivity index (χ3n) is 3.32. The van der Waals surface area contributed by atoms with Crippen LogP contribution in [0.25, 0.3) is 22.4 Å². The van der Waals surface area contributed by atoms with E-state index in [-0.39, 0.29) is 11.5 Å². The van der Waals surface area contributed by atoms with Gasteiger partial charge in [0.05, 0.1) is 5.69 Å². The second kappa shape index (κ2) is 5.29. The molecule has 3 heteroatoms. The monoisotopic (exact) mass is 277 g/mol. The van der Waals surface area contributed by atoms with E-state index in [4.69, 9.17) is 0 Å². The molecule has 0 saturated carbocycles. The first kappa shape index (κ1) is 13.2. The number of aromatic nitrogens is 1. The molecule has 0 radical (unpaired) electrons. The Hall–Kier alpha value is -2.81. The van der Waals surface area contributed by atoms with E-state index < -0.39 is 0 Å². The fraction of sp³-hybridized carbons (Fsp3) is 0.0556. The van der Waals surface area contributed by atoms with Gasteiger partial charge in [-0.3, -0.25) is 4.98 Å². The molecule has 0 fully saturated rings. The van der Waals surface area contributed by atoms with Crippen LogP contribution < -0.4 is 0 Å². The first-order valence-electron chi connectivity index (χ1n) is 6.69. The average molecular weight is 277 g/mol. The van der Waals surface area contributed by atoms with Crippen LogP contribution in [-0.4, -0.2) is 15.2 Å². The van der Waals surface area contributed by atoms with Crippen molar-refractivity contribution < 1.29 is 10.2 Å². The van der Waals surface area contributed by atoms with Gasteiger partial charge < -0.3 is 10.2 Å². The van der Waals surface area contributed by atoms with Crippen LogP contribution >= 0.6 is 0 Å². The van der Waals surface area contributed by atoms with E-state index in [1.165, 1.54) is 0 Å². The predicted molar refractivity (Wildman–Crippen MR) is 83.2 cm³/mol. The molecular formula is C18H15NO2. The lowest BCUT2D eigenvalue weighted by Gasteiger charge is -2.08. The third-order valence-corrected chi connectivity index (χ3v) is 3.32. The van der Waals surface area contributed by atoms with E-state index in [1.54, 1.807) is 24.3 Å². The molecule has 1 aromatic heterocycles. The molecule has 3 nitrogen and oxygen atoms in total. The van der Waals surface area contributed by atoms with Crippen molar-refractivity contribution in [1.82, 2.24) is 4.98 Å². The lowest BCUT2D eigenvalue weighted by molar-refractivity contribution is 0.475. The van der Waals surface area contributed by atoms with Crippen LogP contribution in [0.2, 0.25) is 0 Å². The summed E-state index contributed by atoms with van der Waals surface area (Å²) in [5.41, 5.74) is 4.81. The molecule has 104 valence electrons. The Bertz CT molecular complexity index is 698. The molecule has 2 aromatic carbocycles. The van der Waals surface area contributed by atoms with Crippen molar-refractivity contribution in [2.75, 3.05) is 0 Å². The van der Waals surface area contributed by atoms with Gasteiger partial charge in [-0.25, -0.2) is 0 Å². The van der Waals surface area contributed by atoms with E-state index in [1.807, 2.05) is 43.3 Å². The number of phenolic OH excluding ortho intramolecular Hbond substituents is 2. The second-order valence-electron chi connectivity index (χ2n) is 4.98. The molecule has 0 amide bonds. The maximum absolute atomic E-state index is 9.38. The summed E-state index contributed by atoms with van der Waals surface area (Å²) in [4.78, 5) is 4.55. The zero-order valence-electron chi connectivity index (χ0n) is 11.6. The quantitative estimate of drug-likeness (QED) is 0.740. The first-order valence-corrected chi connectivity index (χ1v) is 6.69. The molecule has 0 atom stereocenters. The van der Waals surface area contributed by atoms with Gasteiger partial charge in [0.1, 0.15) is 11.5 Å². The highest BCUT2D eigenvalue weighted by atomic mass is 16.3. The topological polar surface area (TPSA) is 53.4 Å². The van der Waals surface area contributed by atoms with Crippen molar-refractivity contribution >= 4 is 0 Å². The Morgan fingerprint density at radius 1 is 0.667 bits per heavy atom. The Morgan fingerprint density at radius 2 is 1.19 bits per heavy atom. The molecule has 0 aliphatic rings. The van der Waals surface area contributed by atoms with Crippen molar-refractivity contribution in [3.8, 4) is 33.9 Å². The first-order chi connectivity index (χ1) is 10.1. The molecule has 3 rings (SSSR count). The Balaban J connectivity index is 2.07. The van der Waals surface area contributed by atoms with E-state index in [2.05, 4.69) is 4.98 Å². The minimum absolute atomic E-state index is 0.241. The largest absolute Gasteiger partial charge is 0.508 e. The van der Waals surface area contributed by atoms with Crippen LogP contribution in [0, 0.1) is 6.92 Å². The Morgan fingerprint density at radius 3 is 1.76 bits per heavy atom. The average Bonchev–Trinajstić information content (AvgIpc) is 2.48. The van der Waals surface area contributed by atoms with Gasteiger partial charge in [-0.1, -0.05) is 12.1 Å². The van der Waals surface area contributed by atoms with E-state index >= 15 is 0 Å². The fourth-order valence-electron chi connectivity index (χ4n) is 2.27.